The molecule has 0 amide bonds. The third kappa shape index (κ3) is 18.4. The molecule has 0 spiro atoms. The molecule has 1 aliphatic carbocycles. The quantitative estimate of drug-likeness (QED) is 0.127. The zero-order chi connectivity index (χ0) is 72.8. The number of nitrogens with zero attached hydrogens (tertiary/aromatic N) is 6. The van der Waals surface area contributed by atoms with Crippen LogP contribution < -0.4 is 33.4 Å². The molecule has 19 heteroatoms. The van der Waals surface area contributed by atoms with Gasteiger partial charge in [-0.3, -0.25) is 0 Å². The second-order valence-corrected chi connectivity index (χ2v) is 38.8. The van der Waals surface area contributed by atoms with Gasteiger partial charge in [-0.05, 0) is 0 Å². The average Bonchev–Trinajstić information content (AvgIpc) is 1.39. The molecule has 1 fully saturated rings. The van der Waals surface area contributed by atoms with Crippen molar-refractivity contribution in [3.63, 3.8) is 0 Å². The van der Waals surface area contributed by atoms with Crippen LogP contribution in [0, 0.1) is 26.7 Å². The Morgan fingerprint density at radius 3 is 0.962 bits per heavy atom. The van der Waals surface area contributed by atoms with Crippen molar-refractivity contribution in [2.45, 2.75) is 85.7 Å². The van der Waals surface area contributed by atoms with E-state index in [4.69, 9.17) is 0 Å². The summed E-state index contributed by atoms with van der Waals surface area (Å²) in [6.07, 6.45) is 6.72. The van der Waals surface area contributed by atoms with Crippen molar-refractivity contribution in [2.75, 3.05) is 0 Å². The Labute approximate surface area is 643 Å². The fourth-order valence-electron chi connectivity index (χ4n) is 12.4. The van der Waals surface area contributed by atoms with Crippen LogP contribution >= 0.6 is 0 Å². The van der Waals surface area contributed by atoms with E-state index in [0.717, 1.165) is 71.5 Å². The third-order valence-electron chi connectivity index (χ3n) is 18.1. The molecular weight excluding hydrogens is 1700 g/mol. The van der Waals surface area contributed by atoms with Gasteiger partial charge < -0.3 is 0 Å². The Kier molecular flexibility index (Phi) is 25.3. The Hall–Kier alpha value is -8.68. The minimum absolute atomic E-state index is 0.0121. The van der Waals surface area contributed by atoms with E-state index < -0.39 is 0 Å². The molecule has 6 aromatic heterocycles. The van der Waals surface area contributed by atoms with Crippen LogP contribution in [0.25, 0.3) is 69.3 Å². The normalized spacial score (nSPS) is 12.0. The number of aliphatic hydroxyl groups excluding tert-OH is 1. The van der Waals surface area contributed by atoms with Crippen molar-refractivity contribution in [2.24, 2.45) is 5.92 Å². The van der Waals surface area contributed by atoms with Gasteiger partial charge in [0.2, 0.25) is 0 Å². The van der Waals surface area contributed by atoms with E-state index >= 15 is 0 Å². The molecule has 0 saturated heterocycles. The van der Waals surface area contributed by atoms with Crippen molar-refractivity contribution in [3.8, 4) is 11.4 Å². The van der Waals surface area contributed by atoms with Gasteiger partial charge in [-0.25, -0.2) is 0 Å². The van der Waals surface area contributed by atoms with E-state index in [2.05, 4.69) is 78.9 Å². The molecule has 0 radical (unpaired) electrons. The first kappa shape index (κ1) is 74.6. The summed E-state index contributed by atoms with van der Waals surface area (Å²) in [6.45, 7) is 9.19. The summed E-state index contributed by atoms with van der Waals surface area (Å²) in [4.78, 5) is 73.3. The molecule has 11 aromatic carbocycles. The Balaban J connectivity index is 0.000000112. The van der Waals surface area contributed by atoms with Crippen LogP contribution in [-0.2, 0) is 32.8 Å². The summed E-state index contributed by atoms with van der Waals surface area (Å²) in [5.74, 6) is 0.754. The van der Waals surface area contributed by atoms with Crippen LogP contribution in [0.3, 0.4) is 0 Å². The molecule has 0 aliphatic heterocycles. The monoisotopic (exact) mass is 1780 g/mol. The van der Waals surface area contributed by atoms with Gasteiger partial charge in [0.15, 0.2) is 0 Å². The van der Waals surface area contributed by atoms with Crippen LogP contribution in [0.1, 0.15) is 71.0 Å². The second kappa shape index (κ2) is 35.6. The van der Waals surface area contributed by atoms with Crippen LogP contribution in [0.15, 0.2) is 302 Å². The number of aromatic nitrogens is 6. The van der Waals surface area contributed by atoms with E-state index in [-0.39, 0.29) is 128 Å². The van der Waals surface area contributed by atoms with Crippen molar-refractivity contribution in [3.05, 3.63) is 374 Å². The first-order valence-corrected chi connectivity index (χ1v) is 44.5. The minimum atomic E-state index is 0.0121. The van der Waals surface area contributed by atoms with Gasteiger partial charge in [0, 0.05) is 0 Å². The summed E-state index contributed by atoms with van der Waals surface area (Å²) in [7, 11) is 0. The van der Waals surface area contributed by atoms with Crippen molar-refractivity contribution < 1.29 is 5.11 Å². The van der Waals surface area contributed by atoms with Gasteiger partial charge in [0.25, 0.3) is 0 Å². The number of benzene rings is 11. The Morgan fingerprint density at radius 1 is 0.295 bits per heavy atom. The number of fused-ring (bicyclic) bond motifs is 6. The van der Waals surface area contributed by atoms with Crippen molar-refractivity contribution >= 4 is 146 Å². The number of hydrogen-bond donors (Lipinski definition) is 1. The Bertz CT molecular complexity index is 6030. The molecule has 0 atom stereocenters. The fourth-order valence-corrected chi connectivity index (χ4v) is 25.3. The van der Waals surface area contributed by atoms with E-state index in [9.17, 15) is 33.9 Å². The number of hydrogen-bond acceptors (Lipinski definition) is 7. The summed E-state index contributed by atoms with van der Waals surface area (Å²) >= 11 is 0.662. The van der Waals surface area contributed by atoms with Gasteiger partial charge in [-0.1, -0.05) is 0 Å². The van der Waals surface area contributed by atoms with Gasteiger partial charge in [0.1, 0.15) is 0 Å². The molecule has 6 heterocycles. The van der Waals surface area contributed by atoms with Gasteiger partial charge in [-0.2, -0.15) is 0 Å². The summed E-state index contributed by atoms with van der Waals surface area (Å²) < 4.78 is 18.8. The predicted octanol–water partition coefficient (Wildman–Crippen LogP) is 13.5. The molecule has 1 N–H and O–H groups in total. The van der Waals surface area contributed by atoms with Crippen LogP contribution in [-0.4, -0.2) is 115 Å². The number of aryl methyl sites for hydroxylation is 3. The topological polar surface area (TPSA) is 152 Å². The fraction of sp³-hybridized carbons (Fsp3) is 0.163. The molecule has 105 heavy (non-hydrogen) atoms. The van der Waals surface area contributed by atoms with E-state index in [1.807, 2.05) is 236 Å². The number of rotatable bonds is 11. The maximum atomic E-state index is 12.3. The molecule has 0 bridgehead atoms. The van der Waals surface area contributed by atoms with Crippen LogP contribution in [0.4, 0.5) is 0 Å². The standard InChI is InChI=1S/C15H13NO2Se.C15H13NOSe.2C14H11NOSe.C14H17NOSe.C14H11NOSe/c17-10-12-6-2-1-5-11(12)9-16-15(18)13-7-3-4-8-14(13)19-16;1-11-6-8-12(9-7-11)10-16-15(17)13-4-2-3-5-14(13)18-16;2*1-10-6-8-11(9-7-10)15-14(16)12-4-2-3-5-13(12)17-15;2*16-14-12-8-4-5-9-13(12)17-15(14)10-11-6-2-1-3-7-11/h1-8,17H,9-10H2;2-9H,10H2,1H3;2*2-9H,1H3;4-5,8-9,11H,1-3,6-7,10H2;1-9H,10H2. The third-order valence-corrected chi connectivity index (χ3v) is 31.8. The van der Waals surface area contributed by atoms with E-state index in [1.165, 1.54) is 81.2 Å². The van der Waals surface area contributed by atoms with Crippen LogP contribution in [0.2, 0.25) is 0 Å². The van der Waals surface area contributed by atoms with Gasteiger partial charge in [0.05, 0.1) is 0 Å². The average molecular weight is 1780 g/mol. The molecule has 18 rings (SSSR count). The van der Waals surface area contributed by atoms with Crippen LogP contribution in [0.5, 0.6) is 0 Å². The first-order chi connectivity index (χ1) is 51.2. The summed E-state index contributed by atoms with van der Waals surface area (Å²) in [5.41, 5.74) is 10.9. The van der Waals surface area contributed by atoms with Gasteiger partial charge in [-0.15, -0.1) is 0 Å². The zero-order valence-corrected chi connectivity index (χ0v) is 68.4. The van der Waals surface area contributed by atoms with Crippen molar-refractivity contribution in [1.29, 1.82) is 0 Å². The molecular formula is C86H76N6O7Se6. The molecule has 528 valence electrons. The number of aliphatic hydroxyl groups is 1. The summed E-state index contributed by atoms with van der Waals surface area (Å²) in [6, 6.07) is 89.9. The molecule has 13 nitrogen and oxygen atoms in total. The van der Waals surface area contributed by atoms with E-state index in [1.54, 1.807) is 0 Å². The summed E-state index contributed by atoms with van der Waals surface area (Å²) in [5, 5.41) is 14.6. The van der Waals surface area contributed by atoms with Gasteiger partial charge >= 0.3 is 650 Å². The molecule has 1 aliphatic rings. The maximum absolute atomic E-state index is 12.3. The van der Waals surface area contributed by atoms with Crippen molar-refractivity contribution in [1.82, 2.24) is 21.4 Å². The first-order valence-electron chi connectivity index (χ1n) is 34.7. The zero-order valence-electron chi connectivity index (χ0n) is 58.2. The van der Waals surface area contributed by atoms with E-state index in [0.29, 0.717) is 19.6 Å². The predicted molar refractivity (Wildman–Crippen MR) is 437 cm³/mol. The molecule has 17 aromatic rings. The molecule has 0 unspecified atom stereocenters. The SMILES string of the molecule is Cc1ccc(-n2[se]c3ccccc3c2=O)cc1.Cc1ccc(-n2[se]c3ccccc3c2=O)cc1.Cc1ccc(Cn2[se]c3ccccc3c2=O)cc1.O=c1c2ccccc2[se]n1CC1CCCCC1.O=c1c2ccccc2[se]n1Cc1ccccc1.O=c1c2ccccc2[se]n1Cc1ccccc1CO. The molecule has 1 saturated carbocycles. The Morgan fingerprint density at radius 2 is 0.590 bits per heavy atom. The second-order valence-electron chi connectivity index (χ2n) is 25.7.